The Balaban J connectivity index is -0.0000000504. The smallest absolute Gasteiger partial charge is 0.304 e. The fourth-order valence-corrected chi connectivity index (χ4v) is 2.98. The summed E-state index contributed by atoms with van der Waals surface area (Å²) >= 11 is 3.79. The van der Waals surface area contributed by atoms with E-state index in [1.807, 2.05) is 28.5 Å². The molecule has 5 nitrogen and oxygen atoms in total. The topological polar surface area (TPSA) is 98.0 Å². The number of thiol groups is 1. The molecule has 26 heavy (non-hydrogen) atoms. The maximum Gasteiger partial charge on any atom is 0.304 e. The summed E-state index contributed by atoms with van der Waals surface area (Å²) in [5.41, 5.74) is 0. The molecule has 10 heteroatoms. The number of carboxylic acid groups (broad SMARTS) is 1. The molecule has 0 aliphatic rings. The number of hydrogen-bond acceptors (Lipinski definition) is 9. The van der Waals surface area contributed by atoms with E-state index in [0.717, 1.165) is 11.5 Å². The van der Waals surface area contributed by atoms with Crippen molar-refractivity contribution in [2.24, 2.45) is 0 Å². The second kappa shape index (κ2) is 63.4. The summed E-state index contributed by atoms with van der Waals surface area (Å²) in [6.07, 6.45) is 2.37. The highest BCUT2D eigenvalue weighted by Crippen LogP contribution is 2.20. The average molecular weight is 475 g/mol. The summed E-state index contributed by atoms with van der Waals surface area (Å²) in [6, 6.07) is 0. The van der Waals surface area contributed by atoms with Gasteiger partial charge in [-0.1, -0.05) is 63.9 Å². The number of rotatable bonds is 7. The number of aliphatic hydroxyl groups excluding tert-OH is 3. The van der Waals surface area contributed by atoms with E-state index in [4.69, 9.17) is 20.4 Å². The molecule has 0 bridgehead atoms. The zero-order chi connectivity index (χ0) is 22.1. The van der Waals surface area contributed by atoms with Gasteiger partial charge in [0.25, 0.3) is 0 Å². The highest BCUT2D eigenvalue weighted by molar-refractivity contribution is 8.76. The van der Waals surface area contributed by atoms with Gasteiger partial charge in [0.05, 0.1) is 6.42 Å². The van der Waals surface area contributed by atoms with Crippen molar-refractivity contribution in [3.05, 3.63) is 0 Å². The third kappa shape index (κ3) is 176. The molecule has 0 aromatic heterocycles. The van der Waals surface area contributed by atoms with Crippen molar-refractivity contribution < 1.29 is 25.2 Å². The second-order valence-corrected chi connectivity index (χ2v) is 9.57. The van der Waals surface area contributed by atoms with Crippen molar-refractivity contribution in [1.29, 1.82) is 0 Å². The van der Waals surface area contributed by atoms with Crippen molar-refractivity contribution in [3.63, 3.8) is 0 Å². The summed E-state index contributed by atoms with van der Waals surface area (Å²) in [5.74, 6) is 3.22. The van der Waals surface area contributed by atoms with E-state index in [9.17, 15) is 4.79 Å². The molecule has 0 aliphatic heterocycles. The molecule has 0 fully saturated rings. The van der Waals surface area contributed by atoms with E-state index < -0.39 is 5.97 Å². The highest BCUT2D eigenvalue weighted by atomic mass is 33.1. The van der Waals surface area contributed by atoms with Gasteiger partial charge in [-0.25, -0.2) is 0 Å². The van der Waals surface area contributed by atoms with Crippen LogP contribution in [-0.2, 0) is 4.79 Å². The van der Waals surface area contributed by atoms with Gasteiger partial charge in [0.15, 0.2) is 0 Å². The summed E-state index contributed by atoms with van der Waals surface area (Å²) in [7, 11) is 7.02. The number of aliphatic hydroxyl groups is 3. The fourth-order valence-electron chi connectivity index (χ4n) is 0.389. The highest BCUT2D eigenvalue weighted by Gasteiger charge is 1.94. The van der Waals surface area contributed by atoms with Crippen LogP contribution in [-0.4, -0.2) is 75.5 Å². The molecule has 0 saturated carbocycles. The van der Waals surface area contributed by atoms with Gasteiger partial charge in [-0.05, 0) is 32.8 Å². The minimum atomic E-state index is -0.709. The van der Waals surface area contributed by atoms with E-state index in [1.165, 1.54) is 5.75 Å². The molecule has 0 unspecified atom stereocenters. The normalized spacial score (nSPS) is 7.65. The van der Waals surface area contributed by atoms with Gasteiger partial charge in [-0.15, -0.1) is 0 Å². The Morgan fingerprint density at radius 1 is 0.808 bits per heavy atom. The van der Waals surface area contributed by atoms with Gasteiger partial charge in [-0.3, -0.25) is 4.79 Å². The molecule has 0 rings (SSSR count). The Hall–Kier alpha value is 1.10. The van der Waals surface area contributed by atoms with E-state index in [2.05, 4.69) is 32.7 Å². The van der Waals surface area contributed by atoms with Gasteiger partial charge in [-0.2, -0.15) is 12.6 Å². The van der Waals surface area contributed by atoms with Crippen LogP contribution in [0.2, 0.25) is 0 Å². The molecule has 0 amide bonds. The van der Waals surface area contributed by atoms with Gasteiger partial charge < -0.3 is 20.4 Å². The van der Waals surface area contributed by atoms with Crippen molar-refractivity contribution >= 4 is 61.8 Å². The van der Waals surface area contributed by atoms with E-state index in [1.54, 1.807) is 42.4 Å². The van der Waals surface area contributed by atoms with E-state index in [-0.39, 0.29) is 26.2 Å². The SMILES string of the molecule is CCO.CCO.CCO.CCS.CCSSC.CCSSCCC(=O)O. The maximum atomic E-state index is 9.94. The van der Waals surface area contributed by atoms with Crippen LogP contribution in [0.25, 0.3) is 0 Å². The molecule has 0 heterocycles. The number of carboxylic acids is 1. The molecule has 0 radical (unpaired) electrons. The summed E-state index contributed by atoms with van der Waals surface area (Å²) in [5, 5.41) is 30.9. The van der Waals surface area contributed by atoms with Crippen molar-refractivity contribution in [1.82, 2.24) is 0 Å². The first-order chi connectivity index (χ1) is 12.3. The zero-order valence-corrected chi connectivity index (χ0v) is 21.6. The average Bonchev–Trinajstić information content (AvgIpc) is 2.56. The zero-order valence-electron chi connectivity index (χ0n) is 17.4. The summed E-state index contributed by atoms with van der Waals surface area (Å²) in [6.45, 7) is 12.0. The third-order valence-electron chi connectivity index (χ3n) is 0.836. The van der Waals surface area contributed by atoms with Crippen LogP contribution >= 0.6 is 55.8 Å². The van der Waals surface area contributed by atoms with Gasteiger partial charge >= 0.3 is 5.97 Å². The van der Waals surface area contributed by atoms with Crippen LogP contribution in [0.1, 0.15) is 48.0 Å². The molecule has 0 aromatic carbocycles. The van der Waals surface area contributed by atoms with Gasteiger partial charge in [0, 0.05) is 37.1 Å². The first-order valence-corrected chi connectivity index (χ1v) is 14.2. The molecule has 0 aliphatic carbocycles. The Bertz CT molecular complexity index is 171. The second-order valence-electron chi connectivity index (χ2n) is 3.21. The largest absolute Gasteiger partial charge is 0.481 e. The predicted octanol–water partition coefficient (Wildman–Crippen LogP) is 4.81. The summed E-state index contributed by atoms with van der Waals surface area (Å²) < 4.78 is 0. The molecular weight excluding hydrogens is 433 g/mol. The van der Waals surface area contributed by atoms with E-state index >= 15 is 0 Å². The van der Waals surface area contributed by atoms with Crippen LogP contribution < -0.4 is 0 Å². The van der Waals surface area contributed by atoms with Crippen LogP contribution in [0.5, 0.6) is 0 Å². The molecule has 0 spiro atoms. The van der Waals surface area contributed by atoms with Gasteiger partial charge in [0.2, 0.25) is 0 Å². The minimum Gasteiger partial charge on any atom is -0.481 e. The summed E-state index contributed by atoms with van der Waals surface area (Å²) in [4.78, 5) is 9.94. The molecule has 0 atom stereocenters. The minimum absolute atomic E-state index is 0.250. The quantitative estimate of drug-likeness (QED) is 0.202. The Morgan fingerprint density at radius 3 is 1.27 bits per heavy atom. The first-order valence-electron chi connectivity index (χ1n) is 8.40. The Kier molecular flexibility index (Phi) is 101. The van der Waals surface area contributed by atoms with Crippen LogP contribution in [0.3, 0.4) is 0 Å². The number of carbonyl (C=O) groups is 1. The number of aliphatic carboxylic acids is 1. The molecule has 166 valence electrons. The van der Waals surface area contributed by atoms with Crippen LogP contribution in [0.15, 0.2) is 0 Å². The van der Waals surface area contributed by atoms with Crippen LogP contribution in [0.4, 0.5) is 0 Å². The molecular formula is C16H42O5S5. The number of hydrogen-bond donors (Lipinski definition) is 5. The lowest BCUT2D eigenvalue weighted by molar-refractivity contribution is -0.136. The lowest BCUT2D eigenvalue weighted by Crippen LogP contribution is -1.94. The van der Waals surface area contributed by atoms with Crippen LogP contribution in [0, 0.1) is 0 Å². The Labute approximate surface area is 183 Å². The van der Waals surface area contributed by atoms with Crippen molar-refractivity contribution in [2.45, 2.75) is 48.0 Å². The lowest BCUT2D eigenvalue weighted by Gasteiger charge is -1.92. The van der Waals surface area contributed by atoms with Crippen molar-refractivity contribution in [2.75, 3.05) is 49.1 Å². The first kappa shape index (κ1) is 41.5. The van der Waals surface area contributed by atoms with Gasteiger partial charge in [0.1, 0.15) is 0 Å². The van der Waals surface area contributed by atoms with Crippen molar-refractivity contribution in [3.8, 4) is 0 Å². The standard InChI is InChI=1S/C5H10O2S2.C3H8S2.3C2H6O.C2H6S/c1-2-8-9-4-3-5(6)7;1-3-5-4-2;4*1-2-3/h2-4H2,1H3,(H,6,7);3H2,1-2H3;4*3H,2H2,1H3. The molecule has 0 aromatic rings. The Morgan fingerprint density at radius 2 is 1.12 bits per heavy atom. The molecule has 0 saturated heterocycles. The fraction of sp³-hybridized carbons (Fsp3) is 0.938. The third-order valence-corrected chi connectivity index (χ3v) is 5.20. The predicted molar refractivity (Wildman–Crippen MR) is 132 cm³/mol. The lowest BCUT2D eigenvalue weighted by atomic mass is 10.5. The molecule has 4 N–H and O–H groups in total. The maximum absolute atomic E-state index is 9.94. The van der Waals surface area contributed by atoms with E-state index in [0.29, 0.717) is 5.75 Å². The monoisotopic (exact) mass is 474 g/mol.